The monoisotopic (exact) mass is 277 g/mol. The maximum absolute atomic E-state index is 6.04. The Morgan fingerprint density at radius 3 is 2.68 bits per heavy atom. The van der Waals surface area contributed by atoms with E-state index in [9.17, 15) is 0 Å². The molecule has 19 heavy (non-hydrogen) atoms. The Bertz CT molecular complexity index is 513. The fraction of sp³-hybridized carbons (Fsp3) is 0.571. The smallest absolute Gasteiger partial charge is 0.234 e. The van der Waals surface area contributed by atoms with E-state index in [4.69, 9.17) is 10.3 Å². The zero-order chi connectivity index (χ0) is 13.1. The van der Waals surface area contributed by atoms with Crippen molar-refractivity contribution in [1.82, 2.24) is 10.1 Å². The minimum Gasteiger partial charge on any atom is -0.338 e. The van der Waals surface area contributed by atoms with Crippen molar-refractivity contribution in [2.45, 2.75) is 43.9 Å². The molecule has 2 aromatic rings. The van der Waals surface area contributed by atoms with Crippen molar-refractivity contribution in [2.24, 2.45) is 5.73 Å². The van der Waals surface area contributed by atoms with Gasteiger partial charge in [-0.1, -0.05) is 36.9 Å². The van der Waals surface area contributed by atoms with E-state index < -0.39 is 0 Å². The second-order valence-corrected chi connectivity index (χ2v) is 6.25. The van der Waals surface area contributed by atoms with Gasteiger partial charge in [-0.05, 0) is 24.3 Å². The lowest BCUT2D eigenvalue weighted by Gasteiger charge is -2.26. The molecule has 3 rings (SSSR count). The first kappa shape index (κ1) is 12.8. The van der Waals surface area contributed by atoms with Crippen LogP contribution in [0.25, 0.3) is 10.7 Å². The minimum atomic E-state index is -0.0982. The van der Waals surface area contributed by atoms with Crippen LogP contribution >= 0.6 is 11.3 Å². The molecule has 2 N–H and O–H groups in total. The van der Waals surface area contributed by atoms with Gasteiger partial charge in [0.1, 0.15) is 0 Å². The molecule has 0 amide bonds. The summed E-state index contributed by atoms with van der Waals surface area (Å²) < 4.78 is 5.54. The fourth-order valence-electron chi connectivity index (χ4n) is 2.86. The Morgan fingerprint density at radius 2 is 2.05 bits per heavy atom. The van der Waals surface area contributed by atoms with Gasteiger partial charge in [0.15, 0.2) is 0 Å². The third-order valence-corrected chi connectivity index (χ3v) is 4.94. The van der Waals surface area contributed by atoms with Gasteiger partial charge in [-0.3, -0.25) is 0 Å². The average molecular weight is 277 g/mol. The Morgan fingerprint density at radius 1 is 1.26 bits per heavy atom. The molecule has 0 saturated heterocycles. The highest BCUT2D eigenvalue weighted by Gasteiger charge is 2.37. The molecule has 0 aromatic carbocycles. The molecular formula is C14H19N3OS. The van der Waals surface area contributed by atoms with Crippen molar-refractivity contribution in [3.8, 4) is 10.7 Å². The summed E-state index contributed by atoms with van der Waals surface area (Å²) in [6.45, 7) is 0.596. The first-order valence-electron chi connectivity index (χ1n) is 6.92. The van der Waals surface area contributed by atoms with Crippen molar-refractivity contribution in [2.75, 3.05) is 6.54 Å². The van der Waals surface area contributed by atoms with E-state index in [0.29, 0.717) is 12.4 Å². The van der Waals surface area contributed by atoms with Gasteiger partial charge in [-0.25, -0.2) is 0 Å². The second kappa shape index (κ2) is 5.43. The van der Waals surface area contributed by atoms with Gasteiger partial charge in [0.25, 0.3) is 0 Å². The first-order chi connectivity index (χ1) is 9.34. The maximum Gasteiger partial charge on any atom is 0.234 e. The summed E-state index contributed by atoms with van der Waals surface area (Å²) in [5, 5.41) is 6.15. The summed E-state index contributed by atoms with van der Waals surface area (Å²) in [4.78, 5) is 5.67. The maximum atomic E-state index is 6.04. The van der Waals surface area contributed by atoms with E-state index >= 15 is 0 Å². The van der Waals surface area contributed by atoms with Gasteiger partial charge in [0, 0.05) is 6.54 Å². The summed E-state index contributed by atoms with van der Waals surface area (Å²) >= 11 is 1.63. The molecule has 0 atom stereocenters. The summed E-state index contributed by atoms with van der Waals surface area (Å²) in [6.07, 6.45) is 7.11. The Balaban J connectivity index is 1.91. The molecule has 0 unspecified atom stereocenters. The molecule has 0 spiro atoms. The van der Waals surface area contributed by atoms with Crippen LogP contribution in [0.5, 0.6) is 0 Å². The highest BCUT2D eigenvalue weighted by Crippen LogP contribution is 2.37. The summed E-state index contributed by atoms with van der Waals surface area (Å²) in [7, 11) is 0. The van der Waals surface area contributed by atoms with Crippen LogP contribution in [0, 0.1) is 0 Å². The number of rotatable bonds is 3. The van der Waals surface area contributed by atoms with Gasteiger partial charge < -0.3 is 10.3 Å². The van der Waals surface area contributed by atoms with Crippen LogP contribution in [0.15, 0.2) is 22.0 Å². The SMILES string of the molecule is NCC1(c2nc(-c3cccs3)no2)CCCCCC1. The van der Waals surface area contributed by atoms with Crippen molar-refractivity contribution < 1.29 is 4.52 Å². The molecule has 5 heteroatoms. The second-order valence-electron chi connectivity index (χ2n) is 5.30. The predicted octanol–water partition coefficient (Wildman–Crippen LogP) is 3.35. The van der Waals surface area contributed by atoms with Crippen LogP contribution < -0.4 is 5.73 Å². The van der Waals surface area contributed by atoms with Gasteiger partial charge in [0.05, 0.1) is 10.3 Å². The normalized spacial score (nSPS) is 19.2. The third kappa shape index (κ3) is 2.44. The van der Waals surface area contributed by atoms with E-state index in [-0.39, 0.29) is 5.41 Å². The number of hydrogen-bond acceptors (Lipinski definition) is 5. The predicted molar refractivity (Wildman–Crippen MR) is 76.0 cm³/mol. The quantitative estimate of drug-likeness (QED) is 0.874. The molecule has 2 aromatic heterocycles. The summed E-state index contributed by atoms with van der Waals surface area (Å²) in [5.74, 6) is 1.43. The van der Waals surface area contributed by atoms with E-state index in [0.717, 1.165) is 23.6 Å². The molecule has 1 aliphatic carbocycles. The van der Waals surface area contributed by atoms with Crippen LogP contribution in [0.3, 0.4) is 0 Å². The fourth-order valence-corrected chi connectivity index (χ4v) is 3.50. The topological polar surface area (TPSA) is 64.9 Å². The van der Waals surface area contributed by atoms with Crippen LogP contribution in [0.2, 0.25) is 0 Å². The highest BCUT2D eigenvalue weighted by molar-refractivity contribution is 7.13. The van der Waals surface area contributed by atoms with Crippen molar-refractivity contribution in [3.05, 3.63) is 23.4 Å². The van der Waals surface area contributed by atoms with Crippen molar-refractivity contribution >= 4 is 11.3 Å². The molecule has 102 valence electrons. The number of aromatic nitrogens is 2. The molecule has 4 nitrogen and oxygen atoms in total. The largest absolute Gasteiger partial charge is 0.338 e. The molecule has 0 aliphatic heterocycles. The van der Waals surface area contributed by atoms with Crippen molar-refractivity contribution in [3.63, 3.8) is 0 Å². The summed E-state index contributed by atoms with van der Waals surface area (Å²) in [6, 6.07) is 4.02. The Kier molecular flexibility index (Phi) is 3.66. The number of hydrogen-bond donors (Lipinski definition) is 1. The number of nitrogens with zero attached hydrogens (tertiary/aromatic N) is 2. The standard InChI is InChI=1S/C14H19N3OS/c15-10-14(7-3-1-2-4-8-14)13-16-12(17-18-13)11-6-5-9-19-11/h5-6,9H,1-4,7-8,10,15H2. The van der Waals surface area contributed by atoms with Gasteiger partial charge in [-0.2, -0.15) is 4.98 Å². The average Bonchev–Trinajstić information content (AvgIpc) is 3.06. The highest BCUT2D eigenvalue weighted by atomic mass is 32.1. The van der Waals surface area contributed by atoms with Crippen LogP contribution in [-0.2, 0) is 5.41 Å². The molecular weight excluding hydrogens is 258 g/mol. The Labute approximate surface area is 117 Å². The van der Waals surface area contributed by atoms with E-state index in [1.54, 1.807) is 11.3 Å². The Hall–Kier alpha value is -1.20. The number of thiophene rings is 1. The molecule has 1 fully saturated rings. The summed E-state index contributed by atoms with van der Waals surface area (Å²) in [5.41, 5.74) is 5.94. The molecule has 0 bridgehead atoms. The lowest BCUT2D eigenvalue weighted by molar-refractivity contribution is 0.257. The molecule has 1 saturated carbocycles. The first-order valence-corrected chi connectivity index (χ1v) is 7.80. The third-order valence-electron chi connectivity index (χ3n) is 4.07. The van der Waals surface area contributed by atoms with E-state index in [1.165, 1.54) is 25.7 Å². The van der Waals surface area contributed by atoms with E-state index in [2.05, 4.69) is 10.1 Å². The van der Waals surface area contributed by atoms with Gasteiger partial charge >= 0.3 is 0 Å². The molecule has 2 heterocycles. The lowest BCUT2D eigenvalue weighted by atomic mass is 9.80. The molecule has 1 aliphatic rings. The van der Waals surface area contributed by atoms with Gasteiger partial charge in [0.2, 0.25) is 11.7 Å². The van der Waals surface area contributed by atoms with E-state index in [1.807, 2.05) is 17.5 Å². The lowest BCUT2D eigenvalue weighted by Crippen LogP contribution is -2.35. The minimum absolute atomic E-state index is 0.0982. The zero-order valence-electron chi connectivity index (χ0n) is 11.0. The van der Waals surface area contributed by atoms with Crippen molar-refractivity contribution in [1.29, 1.82) is 0 Å². The zero-order valence-corrected chi connectivity index (χ0v) is 11.8. The van der Waals surface area contributed by atoms with Gasteiger partial charge in [-0.15, -0.1) is 11.3 Å². The number of nitrogens with two attached hydrogens (primary N) is 1. The van der Waals surface area contributed by atoms with Crippen LogP contribution in [0.1, 0.15) is 44.4 Å². The van der Waals surface area contributed by atoms with Crippen LogP contribution in [-0.4, -0.2) is 16.7 Å². The molecule has 0 radical (unpaired) electrons. The van der Waals surface area contributed by atoms with Crippen LogP contribution in [0.4, 0.5) is 0 Å².